The smallest absolute Gasteiger partial charge is 0.258 e. The summed E-state index contributed by atoms with van der Waals surface area (Å²) < 4.78 is 13.5. The van der Waals surface area contributed by atoms with Gasteiger partial charge in [-0.05, 0) is 49.6 Å². The second kappa shape index (κ2) is 5.08. The number of halogens is 1. The highest BCUT2D eigenvalue weighted by atomic mass is 19.1. The van der Waals surface area contributed by atoms with Gasteiger partial charge in [-0.1, -0.05) is 23.8 Å². The van der Waals surface area contributed by atoms with Crippen LogP contribution in [0.25, 0.3) is 0 Å². The molecule has 0 saturated carbocycles. The van der Waals surface area contributed by atoms with Crippen molar-refractivity contribution in [1.29, 1.82) is 0 Å². The van der Waals surface area contributed by atoms with Crippen LogP contribution in [0.15, 0.2) is 42.5 Å². The van der Waals surface area contributed by atoms with Crippen molar-refractivity contribution in [2.24, 2.45) is 0 Å². The van der Waals surface area contributed by atoms with Crippen LogP contribution in [0, 0.1) is 12.7 Å². The number of nitrogens with zero attached hydrogens (tertiary/aromatic N) is 1. The summed E-state index contributed by atoms with van der Waals surface area (Å²) in [5.74, 6) is -0.354. The Labute approximate surface area is 117 Å². The molecule has 1 aliphatic heterocycles. The molecule has 0 bridgehead atoms. The summed E-state index contributed by atoms with van der Waals surface area (Å²) in [6.07, 6.45) is 1.81. The van der Waals surface area contributed by atoms with E-state index in [0.29, 0.717) is 17.8 Å². The Bertz CT molecular complexity index is 666. The quantitative estimate of drug-likeness (QED) is 0.772. The number of benzene rings is 2. The van der Waals surface area contributed by atoms with Crippen molar-refractivity contribution < 1.29 is 9.18 Å². The summed E-state index contributed by atoms with van der Waals surface area (Å²) in [5, 5.41) is 0. The Morgan fingerprint density at radius 2 is 2.05 bits per heavy atom. The standard InChI is InChI=1S/C17H16FNO/c1-12-4-2-5-14(10-12)17(20)19-9-3-6-13-7-8-15(18)11-16(13)19/h2,4-5,7-8,10-11H,3,6,9H2,1H3. The van der Waals surface area contributed by atoms with E-state index in [4.69, 9.17) is 0 Å². The van der Waals surface area contributed by atoms with Gasteiger partial charge in [0.15, 0.2) is 0 Å². The van der Waals surface area contributed by atoms with Gasteiger partial charge in [-0.25, -0.2) is 4.39 Å². The summed E-state index contributed by atoms with van der Waals surface area (Å²) in [6, 6.07) is 12.2. The van der Waals surface area contributed by atoms with Crippen molar-refractivity contribution in [3.05, 3.63) is 65.0 Å². The van der Waals surface area contributed by atoms with E-state index in [-0.39, 0.29) is 11.7 Å². The maximum atomic E-state index is 13.5. The van der Waals surface area contributed by atoms with Gasteiger partial charge in [-0.3, -0.25) is 4.79 Å². The Balaban J connectivity index is 2.00. The minimum atomic E-state index is -0.298. The van der Waals surface area contributed by atoms with Crippen molar-refractivity contribution in [1.82, 2.24) is 0 Å². The lowest BCUT2D eigenvalue weighted by atomic mass is 10.0. The number of hydrogen-bond donors (Lipinski definition) is 0. The lowest BCUT2D eigenvalue weighted by Gasteiger charge is -2.29. The maximum absolute atomic E-state index is 13.5. The minimum Gasteiger partial charge on any atom is -0.308 e. The van der Waals surface area contributed by atoms with Crippen LogP contribution in [-0.2, 0) is 6.42 Å². The lowest BCUT2D eigenvalue weighted by Crippen LogP contribution is -2.35. The van der Waals surface area contributed by atoms with E-state index < -0.39 is 0 Å². The number of aryl methyl sites for hydroxylation is 2. The fourth-order valence-electron chi connectivity index (χ4n) is 2.69. The Morgan fingerprint density at radius 3 is 2.85 bits per heavy atom. The molecule has 3 heteroatoms. The molecule has 0 fully saturated rings. The van der Waals surface area contributed by atoms with Gasteiger partial charge in [0.05, 0.1) is 5.69 Å². The molecular formula is C17H16FNO. The van der Waals surface area contributed by atoms with Crippen molar-refractivity contribution in [2.75, 3.05) is 11.4 Å². The fourth-order valence-corrected chi connectivity index (χ4v) is 2.69. The number of rotatable bonds is 1. The highest BCUT2D eigenvalue weighted by Gasteiger charge is 2.23. The van der Waals surface area contributed by atoms with Crippen LogP contribution in [0.1, 0.15) is 27.9 Å². The van der Waals surface area contributed by atoms with E-state index in [0.717, 1.165) is 24.0 Å². The largest absolute Gasteiger partial charge is 0.308 e. The zero-order valence-corrected chi connectivity index (χ0v) is 11.4. The van der Waals surface area contributed by atoms with Gasteiger partial charge in [0.2, 0.25) is 0 Å². The molecule has 0 aromatic heterocycles. The molecule has 1 aliphatic rings. The number of carbonyl (C=O) groups is 1. The van der Waals surface area contributed by atoms with Crippen molar-refractivity contribution in [3.63, 3.8) is 0 Å². The van der Waals surface area contributed by atoms with Gasteiger partial charge in [0.25, 0.3) is 5.91 Å². The van der Waals surface area contributed by atoms with Crippen molar-refractivity contribution >= 4 is 11.6 Å². The van der Waals surface area contributed by atoms with Crippen LogP contribution in [0.4, 0.5) is 10.1 Å². The van der Waals surface area contributed by atoms with E-state index in [1.54, 1.807) is 11.0 Å². The Hall–Kier alpha value is -2.16. The van der Waals surface area contributed by atoms with Crippen molar-refractivity contribution in [2.45, 2.75) is 19.8 Å². The second-order valence-corrected chi connectivity index (χ2v) is 5.20. The topological polar surface area (TPSA) is 20.3 Å². The average Bonchev–Trinajstić information content (AvgIpc) is 2.46. The highest BCUT2D eigenvalue weighted by molar-refractivity contribution is 6.06. The van der Waals surface area contributed by atoms with Crippen LogP contribution >= 0.6 is 0 Å². The third kappa shape index (κ3) is 2.31. The van der Waals surface area contributed by atoms with E-state index in [9.17, 15) is 9.18 Å². The van der Waals surface area contributed by atoms with Crippen LogP contribution in [-0.4, -0.2) is 12.5 Å². The van der Waals surface area contributed by atoms with Crippen molar-refractivity contribution in [3.8, 4) is 0 Å². The van der Waals surface area contributed by atoms with Crippen LogP contribution in [0.3, 0.4) is 0 Å². The van der Waals surface area contributed by atoms with Gasteiger partial charge in [-0.2, -0.15) is 0 Å². The van der Waals surface area contributed by atoms with Gasteiger partial charge >= 0.3 is 0 Å². The molecule has 0 N–H and O–H groups in total. The summed E-state index contributed by atoms with van der Waals surface area (Å²) in [7, 11) is 0. The Morgan fingerprint density at radius 1 is 1.20 bits per heavy atom. The molecular weight excluding hydrogens is 253 g/mol. The van der Waals surface area contributed by atoms with E-state index in [1.165, 1.54) is 12.1 Å². The normalized spacial score (nSPS) is 14.0. The third-order valence-electron chi connectivity index (χ3n) is 3.68. The first-order valence-corrected chi connectivity index (χ1v) is 6.82. The SMILES string of the molecule is Cc1cccc(C(=O)N2CCCc3ccc(F)cc32)c1. The highest BCUT2D eigenvalue weighted by Crippen LogP contribution is 2.29. The fraction of sp³-hybridized carbons (Fsp3) is 0.235. The zero-order chi connectivity index (χ0) is 14.1. The van der Waals surface area contributed by atoms with Gasteiger partial charge < -0.3 is 4.90 Å². The van der Waals surface area contributed by atoms with Crippen LogP contribution in [0.5, 0.6) is 0 Å². The second-order valence-electron chi connectivity index (χ2n) is 5.20. The number of hydrogen-bond acceptors (Lipinski definition) is 1. The average molecular weight is 269 g/mol. The van der Waals surface area contributed by atoms with Crippen LogP contribution in [0.2, 0.25) is 0 Å². The predicted octanol–water partition coefficient (Wildman–Crippen LogP) is 3.73. The maximum Gasteiger partial charge on any atom is 0.258 e. The van der Waals surface area contributed by atoms with Gasteiger partial charge in [0.1, 0.15) is 5.82 Å². The molecule has 1 heterocycles. The molecule has 102 valence electrons. The number of amides is 1. The van der Waals surface area contributed by atoms with Gasteiger partial charge in [-0.15, -0.1) is 0 Å². The molecule has 0 spiro atoms. The molecule has 2 aromatic carbocycles. The van der Waals surface area contributed by atoms with E-state index >= 15 is 0 Å². The first kappa shape index (κ1) is 12.9. The molecule has 20 heavy (non-hydrogen) atoms. The lowest BCUT2D eigenvalue weighted by molar-refractivity contribution is 0.0985. The number of carbonyl (C=O) groups excluding carboxylic acids is 1. The van der Waals surface area contributed by atoms with E-state index in [1.807, 2.05) is 31.2 Å². The molecule has 0 saturated heterocycles. The molecule has 2 aromatic rings. The zero-order valence-electron chi connectivity index (χ0n) is 11.4. The minimum absolute atomic E-state index is 0.0553. The summed E-state index contributed by atoms with van der Waals surface area (Å²) in [4.78, 5) is 14.3. The van der Waals surface area contributed by atoms with Gasteiger partial charge in [0, 0.05) is 12.1 Å². The monoisotopic (exact) mass is 269 g/mol. The predicted molar refractivity (Wildman–Crippen MR) is 77.6 cm³/mol. The molecule has 0 atom stereocenters. The summed E-state index contributed by atoms with van der Waals surface area (Å²) in [6.45, 7) is 2.60. The number of anilines is 1. The molecule has 0 aliphatic carbocycles. The van der Waals surface area contributed by atoms with E-state index in [2.05, 4.69) is 0 Å². The molecule has 3 rings (SSSR count). The summed E-state index contributed by atoms with van der Waals surface area (Å²) >= 11 is 0. The molecule has 1 amide bonds. The number of fused-ring (bicyclic) bond motifs is 1. The first-order valence-electron chi connectivity index (χ1n) is 6.82. The molecule has 0 unspecified atom stereocenters. The third-order valence-corrected chi connectivity index (χ3v) is 3.68. The molecule has 0 radical (unpaired) electrons. The Kier molecular flexibility index (Phi) is 3.26. The first-order chi connectivity index (χ1) is 9.65. The summed E-state index contributed by atoms with van der Waals surface area (Å²) in [5.41, 5.74) is 3.45. The van der Waals surface area contributed by atoms with Crippen LogP contribution < -0.4 is 4.90 Å². The molecule has 2 nitrogen and oxygen atoms in total.